The summed E-state index contributed by atoms with van der Waals surface area (Å²) in [5.74, 6) is 0. The largest absolute Gasteiger partial charge is 0.350 e. The first-order valence-corrected chi connectivity index (χ1v) is 11.9. The number of nitrogens with zero attached hydrogens (tertiary/aromatic N) is 2. The van der Waals surface area contributed by atoms with E-state index in [0.29, 0.717) is 6.17 Å². The average molecular weight is 421 g/mol. The van der Waals surface area contributed by atoms with E-state index >= 15 is 0 Å². The minimum Gasteiger partial charge on any atom is -0.350 e. The monoisotopic (exact) mass is 420 g/mol. The number of hydrogen-bond donors (Lipinski definition) is 0. The van der Waals surface area contributed by atoms with Crippen LogP contribution in [0.4, 0.5) is 11.4 Å². The Morgan fingerprint density at radius 1 is 0.581 bits per heavy atom. The summed E-state index contributed by atoms with van der Waals surface area (Å²) in [6, 6.07) is 14.3. The zero-order valence-corrected chi connectivity index (χ0v) is 21.9. The number of benzene rings is 2. The third-order valence-electron chi connectivity index (χ3n) is 6.73. The SMILES string of the molecule is Cc1cc(N2CCN(c3cc(C(C)(C)C)cc(C(C)(C)C)c3)C2C)cc(C(C)(C)C)c1. The molecule has 2 nitrogen and oxygen atoms in total. The maximum atomic E-state index is 2.59. The van der Waals surface area contributed by atoms with Crippen LogP contribution < -0.4 is 9.80 Å². The van der Waals surface area contributed by atoms with E-state index in [2.05, 4.69) is 122 Å². The summed E-state index contributed by atoms with van der Waals surface area (Å²) < 4.78 is 0. The van der Waals surface area contributed by atoms with Crippen molar-refractivity contribution in [2.24, 2.45) is 0 Å². The summed E-state index contributed by atoms with van der Waals surface area (Å²) in [5, 5.41) is 0. The highest BCUT2D eigenvalue weighted by molar-refractivity contribution is 5.61. The first-order valence-electron chi connectivity index (χ1n) is 11.9. The molecule has 0 amide bonds. The normalized spacial score (nSPS) is 18.1. The van der Waals surface area contributed by atoms with Crippen molar-refractivity contribution in [3.63, 3.8) is 0 Å². The van der Waals surface area contributed by atoms with Gasteiger partial charge in [-0.3, -0.25) is 0 Å². The fourth-order valence-electron chi connectivity index (χ4n) is 4.45. The highest BCUT2D eigenvalue weighted by Gasteiger charge is 2.31. The Balaban J connectivity index is 2.00. The second-order valence-electron chi connectivity index (χ2n) is 12.6. The van der Waals surface area contributed by atoms with Crippen LogP contribution in [-0.4, -0.2) is 19.3 Å². The van der Waals surface area contributed by atoms with Crippen molar-refractivity contribution in [3.8, 4) is 0 Å². The van der Waals surface area contributed by atoms with Gasteiger partial charge < -0.3 is 9.80 Å². The van der Waals surface area contributed by atoms with E-state index in [9.17, 15) is 0 Å². The third-order valence-corrected chi connectivity index (χ3v) is 6.73. The lowest BCUT2D eigenvalue weighted by Crippen LogP contribution is -2.36. The Bertz CT molecular complexity index is 902. The molecule has 31 heavy (non-hydrogen) atoms. The van der Waals surface area contributed by atoms with Crippen LogP contribution in [0.25, 0.3) is 0 Å². The van der Waals surface area contributed by atoms with Crippen molar-refractivity contribution in [2.75, 3.05) is 22.9 Å². The maximum Gasteiger partial charge on any atom is 0.0988 e. The highest BCUT2D eigenvalue weighted by Crippen LogP contribution is 2.37. The van der Waals surface area contributed by atoms with Crippen molar-refractivity contribution in [3.05, 3.63) is 58.7 Å². The van der Waals surface area contributed by atoms with Crippen LogP contribution in [-0.2, 0) is 16.2 Å². The van der Waals surface area contributed by atoms with Crippen LogP contribution in [0.15, 0.2) is 36.4 Å². The molecule has 3 rings (SSSR count). The van der Waals surface area contributed by atoms with Gasteiger partial charge in [0.1, 0.15) is 0 Å². The topological polar surface area (TPSA) is 6.48 Å². The van der Waals surface area contributed by atoms with Crippen LogP contribution >= 0.6 is 0 Å². The van der Waals surface area contributed by atoms with E-state index in [1.807, 2.05) is 0 Å². The molecule has 1 saturated heterocycles. The van der Waals surface area contributed by atoms with Gasteiger partial charge in [0.25, 0.3) is 0 Å². The summed E-state index contributed by atoms with van der Waals surface area (Å²) >= 11 is 0. The Hall–Kier alpha value is -1.96. The zero-order valence-electron chi connectivity index (χ0n) is 21.9. The molecule has 0 saturated carbocycles. The van der Waals surface area contributed by atoms with Gasteiger partial charge in [-0.05, 0) is 76.6 Å². The van der Waals surface area contributed by atoms with Crippen LogP contribution in [0.2, 0.25) is 0 Å². The maximum absolute atomic E-state index is 2.59. The molecule has 1 atom stereocenters. The zero-order chi connectivity index (χ0) is 23.4. The van der Waals surface area contributed by atoms with E-state index in [1.165, 1.54) is 33.6 Å². The Kier molecular flexibility index (Phi) is 6.02. The smallest absolute Gasteiger partial charge is 0.0988 e. The second kappa shape index (κ2) is 7.87. The Morgan fingerprint density at radius 3 is 1.32 bits per heavy atom. The summed E-state index contributed by atoms with van der Waals surface area (Å²) in [5.41, 5.74) is 8.74. The minimum absolute atomic E-state index is 0.136. The quantitative estimate of drug-likeness (QED) is 0.494. The number of rotatable bonds is 2. The number of hydrogen-bond acceptors (Lipinski definition) is 2. The van der Waals surface area contributed by atoms with Crippen molar-refractivity contribution in [2.45, 2.75) is 98.6 Å². The van der Waals surface area contributed by atoms with Crippen molar-refractivity contribution < 1.29 is 0 Å². The Labute approximate surface area is 191 Å². The van der Waals surface area contributed by atoms with Gasteiger partial charge in [0, 0.05) is 24.5 Å². The second-order valence-corrected chi connectivity index (χ2v) is 12.6. The van der Waals surface area contributed by atoms with Gasteiger partial charge >= 0.3 is 0 Å². The lowest BCUT2D eigenvalue weighted by Gasteiger charge is -2.33. The number of anilines is 2. The van der Waals surface area contributed by atoms with E-state index in [0.717, 1.165) is 13.1 Å². The molecule has 1 fully saturated rings. The summed E-state index contributed by atoms with van der Waals surface area (Å²) in [4.78, 5) is 5.16. The lowest BCUT2D eigenvalue weighted by atomic mass is 9.80. The molecule has 1 heterocycles. The molecule has 1 aliphatic rings. The van der Waals surface area contributed by atoms with Gasteiger partial charge in [-0.25, -0.2) is 0 Å². The van der Waals surface area contributed by atoms with Crippen LogP contribution in [0.5, 0.6) is 0 Å². The first-order chi connectivity index (χ1) is 14.1. The van der Waals surface area contributed by atoms with Gasteiger partial charge in [0.15, 0.2) is 0 Å². The third kappa shape index (κ3) is 5.10. The molecule has 2 heteroatoms. The van der Waals surface area contributed by atoms with Gasteiger partial charge in [0.05, 0.1) is 6.17 Å². The van der Waals surface area contributed by atoms with Crippen LogP contribution in [0.3, 0.4) is 0 Å². The molecule has 2 aromatic carbocycles. The molecule has 1 aliphatic heterocycles. The standard InChI is InChI=1S/C29H44N2/c1-20-14-22(27(3,4)5)17-25(15-20)30-12-13-31(21(30)2)26-18-23(28(6,7)8)16-24(19-26)29(9,10)11/h14-19,21H,12-13H2,1-11H3. The molecule has 2 aromatic rings. The predicted octanol–water partition coefficient (Wildman–Crippen LogP) is 7.56. The molecule has 0 bridgehead atoms. The summed E-state index contributed by atoms with van der Waals surface area (Å²) in [7, 11) is 0. The number of aryl methyl sites for hydroxylation is 1. The van der Waals surface area contributed by atoms with E-state index in [1.54, 1.807) is 0 Å². The minimum atomic E-state index is 0.136. The molecule has 0 aromatic heterocycles. The fraction of sp³-hybridized carbons (Fsp3) is 0.586. The molecule has 0 aliphatic carbocycles. The molecular formula is C29H44N2. The molecule has 1 unspecified atom stereocenters. The fourth-order valence-corrected chi connectivity index (χ4v) is 4.45. The van der Waals surface area contributed by atoms with Gasteiger partial charge in [-0.1, -0.05) is 74.4 Å². The van der Waals surface area contributed by atoms with E-state index < -0.39 is 0 Å². The van der Waals surface area contributed by atoms with Gasteiger partial charge in [-0.2, -0.15) is 0 Å². The van der Waals surface area contributed by atoms with Gasteiger partial charge in [-0.15, -0.1) is 0 Å². The lowest BCUT2D eigenvalue weighted by molar-refractivity contribution is 0.567. The molecule has 0 spiro atoms. The van der Waals surface area contributed by atoms with Crippen molar-refractivity contribution in [1.29, 1.82) is 0 Å². The van der Waals surface area contributed by atoms with E-state index in [4.69, 9.17) is 0 Å². The highest BCUT2D eigenvalue weighted by atomic mass is 15.4. The van der Waals surface area contributed by atoms with Crippen LogP contribution in [0.1, 0.15) is 91.5 Å². The summed E-state index contributed by atoms with van der Waals surface area (Å²) in [6.07, 6.45) is 0.331. The van der Waals surface area contributed by atoms with Crippen LogP contribution in [0, 0.1) is 6.92 Å². The predicted molar refractivity (Wildman–Crippen MR) is 138 cm³/mol. The first kappa shape index (κ1) is 23.7. The van der Waals surface area contributed by atoms with E-state index in [-0.39, 0.29) is 16.2 Å². The molecular weight excluding hydrogens is 376 g/mol. The van der Waals surface area contributed by atoms with Crippen molar-refractivity contribution >= 4 is 11.4 Å². The summed E-state index contributed by atoms with van der Waals surface area (Å²) in [6.45, 7) is 27.5. The average Bonchev–Trinajstić information content (AvgIpc) is 3.00. The Morgan fingerprint density at radius 2 is 0.935 bits per heavy atom. The molecule has 0 radical (unpaired) electrons. The van der Waals surface area contributed by atoms with Crippen molar-refractivity contribution in [1.82, 2.24) is 0 Å². The van der Waals surface area contributed by atoms with Gasteiger partial charge in [0.2, 0.25) is 0 Å². The molecule has 0 N–H and O–H groups in total. The molecule has 170 valence electrons.